The summed E-state index contributed by atoms with van der Waals surface area (Å²) >= 11 is 0. The van der Waals surface area contributed by atoms with Crippen LogP contribution in [0.1, 0.15) is 48.2 Å². The van der Waals surface area contributed by atoms with Gasteiger partial charge < -0.3 is 10.2 Å². The van der Waals surface area contributed by atoms with Crippen molar-refractivity contribution >= 4 is 11.9 Å². The van der Waals surface area contributed by atoms with Crippen LogP contribution in [0.5, 0.6) is 0 Å². The zero-order chi connectivity index (χ0) is 18.1. The zero-order valence-corrected chi connectivity index (χ0v) is 14.1. The van der Waals surface area contributed by atoms with E-state index in [0.29, 0.717) is 5.92 Å². The Morgan fingerprint density at radius 1 is 1.04 bits per heavy atom. The number of hydrogen-bond donors (Lipinski definition) is 2. The Labute approximate surface area is 142 Å². The summed E-state index contributed by atoms with van der Waals surface area (Å²) < 4.78 is 0. The van der Waals surface area contributed by atoms with E-state index >= 15 is 0 Å². The van der Waals surface area contributed by atoms with Crippen molar-refractivity contribution < 1.29 is 19.8 Å². The van der Waals surface area contributed by atoms with E-state index in [1.807, 2.05) is 24.3 Å². The third kappa shape index (κ3) is 6.60. The molecule has 0 spiro atoms. The Morgan fingerprint density at radius 3 is 2.04 bits per heavy atom. The van der Waals surface area contributed by atoms with Crippen molar-refractivity contribution in [3.8, 4) is 0 Å². The predicted octanol–water partition coefficient (Wildman–Crippen LogP) is 3.85. The van der Waals surface area contributed by atoms with Crippen LogP contribution in [0.25, 0.3) is 0 Å². The van der Waals surface area contributed by atoms with Crippen molar-refractivity contribution in [1.82, 2.24) is 4.98 Å². The van der Waals surface area contributed by atoms with Gasteiger partial charge in [-0.1, -0.05) is 38.1 Å². The summed E-state index contributed by atoms with van der Waals surface area (Å²) in [5.74, 6) is -1.50. The van der Waals surface area contributed by atoms with Crippen molar-refractivity contribution in [2.75, 3.05) is 0 Å². The molecule has 5 heteroatoms. The summed E-state index contributed by atoms with van der Waals surface area (Å²) in [6.45, 7) is 6.06. The molecule has 0 bridgehead atoms. The van der Waals surface area contributed by atoms with Crippen molar-refractivity contribution in [2.45, 2.75) is 33.1 Å². The molecule has 1 unspecified atom stereocenters. The van der Waals surface area contributed by atoms with Gasteiger partial charge in [-0.05, 0) is 42.5 Å². The molecule has 0 saturated heterocycles. The lowest BCUT2D eigenvalue weighted by Crippen LogP contribution is -2.07. The highest BCUT2D eigenvalue weighted by atomic mass is 16.4. The largest absolute Gasteiger partial charge is 0.481 e. The van der Waals surface area contributed by atoms with Crippen LogP contribution < -0.4 is 0 Å². The summed E-state index contributed by atoms with van der Waals surface area (Å²) in [7, 11) is 0. The average molecular weight is 329 g/mol. The minimum absolute atomic E-state index is 0.220. The second kappa shape index (κ2) is 9.45. The Kier molecular flexibility index (Phi) is 7.62. The van der Waals surface area contributed by atoms with E-state index in [0.717, 1.165) is 12.0 Å². The molecule has 24 heavy (non-hydrogen) atoms. The van der Waals surface area contributed by atoms with Gasteiger partial charge in [0.05, 0.1) is 11.5 Å². The lowest BCUT2D eigenvalue weighted by molar-refractivity contribution is -0.138. The Bertz CT molecular complexity index is 651. The van der Waals surface area contributed by atoms with Gasteiger partial charge in [-0.2, -0.15) is 0 Å². The molecule has 0 fully saturated rings. The summed E-state index contributed by atoms with van der Waals surface area (Å²) in [5.41, 5.74) is 2.36. The molecule has 0 aliphatic heterocycles. The highest BCUT2D eigenvalue weighted by molar-refractivity contribution is 5.86. The topological polar surface area (TPSA) is 87.5 Å². The molecule has 1 atom stereocenters. The summed E-state index contributed by atoms with van der Waals surface area (Å²) in [5, 5.41) is 17.2. The Balaban J connectivity index is 0.000000272. The van der Waals surface area contributed by atoms with E-state index in [9.17, 15) is 9.59 Å². The maximum atomic E-state index is 10.8. The number of carbonyl (C=O) groups is 2. The number of aromatic nitrogens is 1. The number of aromatic carboxylic acids is 1. The normalized spacial score (nSPS) is 11.3. The summed E-state index contributed by atoms with van der Waals surface area (Å²) in [6, 6.07) is 11.0. The van der Waals surface area contributed by atoms with Crippen LogP contribution in [-0.2, 0) is 11.2 Å². The first-order valence-corrected chi connectivity index (χ1v) is 7.76. The maximum Gasteiger partial charge on any atom is 0.337 e. The van der Waals surface area contributed by atoms with Gasteiger partial charge in [-0.25, -0.2) is 4.79 Å². The molecule has 1 heterocycles. The monoisotopic (exact) mass is 329 g/mol. The molecule has 2 N–H and O–H groups in total. The smallest absolute Gasteiger partial charge is 0.337 e. The number of nitrogens with zero attached hydrogens (tertiary/aromatic N) is 1. The number of aliphatic carboxylic acids is 1. The van der Waals surface area contributed by atoms with E-state index in [1.165, 1.54) is 24.0 Å². The van der Waals surface area contributed by atoms with Crippen LogP contribution in [0.2, 0.25) is 0 Å². The van der Waals surface area contributed by atoms with Gasteiger partial charge in [-0.15, -0.1) is 0 Å². The van der Waals surface area contributed by atoms with Crippen molar-refractivity contribution in [1.29, 1.82) is 0 Å². The van der Waals surface area contributed by atoms with Crippen LogP contribution in [0.3, 0.4) is 0 Å². The van der Waals surface area contributed by atoms with E-state index in [4.69, 9.17) is 10.2 Å². The maximum absolute atomic E-state index is 10.8. The van der Waals surface area contributed by atoms with E-state index in [-0.39, 0.29) is 5.56 Å². The van der Waals surface area contributed by atoms with Crippen LogP contribution >= 0.6 is 0 Å². The quantitative estimate of drug-likeness (QED) is 0.870. The highest BCUT2D eigenvalue weighted by Gasteiger charge is 2.12. The molecule has 0 aliphatic carbocycles. The minimum atomic E-state index is -0.942. The second-order valence-corrected chi connectivity index (χ2v) is 5.95. The molecule has 5 nitrogen and oxygen atoms in total. The fourth-order valence-electron chi connectivity index (χ4n) is 2.05. The van der Waals surface area contributed by atoms with Crippen LogP contribution in [0.4, 0.5) is 0 Å². The number of hydrogen-bond acceptors (Lipinski definition) is 3. The lowest BCUT2D eigenvalue weighted by Gasteiger charge is -2.09. The molecule has 1 aromatic carbocycles. The fraction of sp³-hybridized carbons (Fsp3) is 0.316. The van der Waals surface area contributed by atoms with Crippen molar-refractivity contribution in [3.05, 3.63) is 65.5 Å². The van der Waals surface area contributed by atoms with Gasteiger partial charge >= 0.3 is 11.9 Å². The summed E-state index contributed by atoms with van der Waals surface area (Å²) in [6.07, 6.45) is 3.89. The zero-order valence-electron chi connectivity index (χ0n) is 14.1. The molecule has 2 aromatic rings. The molecule has 2 rings (SSSR count). The molecule has 0 saturated carbocycles. The predicted molar refractivity (Wildman–Crippen MR) is 92.2 cm³/mol. The van der Waals surface area contributed by atoms with Gasteiger partial charge in [0, 0.05) is 12.4 Å². The molecule has 1 aromatic heterocycles. The highest BCUT2D eigenvalue weighted by Crippen LogP contribution is 2.17. The van der Waals surface area contributed by atoms with Gasteiger partial charge in [0.25, 0.3) is 0 Å². The van der Waals surface area contributed by atoms with E-state index in [2.05, 4.69) is 18.8 Å². The lowest BCUT2D eigenvalue weighted by atomic mass is 9.97. The molecular formula is C19H23NO4. The van der Waals surface area contributed by atoms with Crippen molar-refractivity contribution in [3.63, 3.8) is 0 Å². The minimum Gasteiger partial charge on any atom is -0.481 e. The van der Waals surface area contributed by atoms with Crippen LogP contribution in [0, 0.1) is 5.92 Å². The number of carboxylic acid groups (broad SMARTS) is 2. The molecule has 128 valence electrons. The number of carboxylic acids is 2. The standard InChI is InChI=1S/C13H18O2.C6H5NO2/c1-9(2)8-11-4-6-12(7-5-11)10(3)13(14)15;8-6(9)5-2-1-3-7-4-5/h4-7,9-10H,8H2,1-3H3,(H,14,15);1-4H,(H,8,9). The first-order chi connectivity index (χ1) is 11.3. The van der Waals surface area contributed by atoms with Gasteiger partial charge in [0.2, 0.25) is 0 Å². The molecular weight excluding hydrogens is 306 g/mol. The van der Waals surface area contributed by atoms with Gasteiger partial charge in [0.1, 0.15) is 0 Å². The molecule has 0 aliphatic rings. The van der Waals surface area contributed by atoms with E-state index < -0.39 is 17.9 Å². The van der Waals surface area contributed by atoms with Gasteiger partial charge in [0.15, 0.2) is 0 Å². The van der Waals surface area contributed by atoms with E-state index in [1.54, 1.807) is 13.0 Å². The number of pyridine rings is 1. The van der Waals surface area contributed by atoms with Crippen LogP contribution in [-0.4, -0.2) is 27.1 Å². The van der Waals surface area contributed by atoms with Gasteiger partial charge in [-0.3, -0.25) is 9.78 Å². The first-order valence-electron chi connectivity index (χ1n) is 7.76. The fourth-order valence-corrected chi connectivity index (χ4v) is 2.05. The Morgan fingerprint density at radius 2 is 1.67 bits per heavy atom. The molecule has 0 radical (unpaired) electrons. The average Bonchev–Trinajstić information content (AvgIpc) is 2.55. The number of rotatable bonds is 5. The summed E-state index contributed by atoms with van der Waals surface area (Å²) in [4.78, 5) is 24.5. The number of benzene rings is 1. The Hall–Kier alpha value is -2.69. The van der Waals surface area contributed by atoms with Crippen LogP contribution in [0.15, 0.2) is 48.8 Å². The molecule has 0 amide bonds. The third-order valence-corrected chi connectivity index (χ3v) is 3.40. The SMILES string of the molecule is CC(C)Cc1ccc(C(C)C(=O)O)cc1.O=C(O)c1cccnc1. The van der Waals surface area contributed by atoms with Crippen molar-refractivity contribution in [2.24, 2.45) is 5.92 Å². The first kappa shape index (κ1) is 19.4. The second-order valence-electron chi connectivity index (χ2n) is 5.95. The third-order valence-electron chi connectivity index (χ3n) is 3.40.